The highest BCUT2D eigenvalue weighted by Crippen LogP contribution is 2.38. The van der Waals surface area contributed by atoms with Crippen LogP contribution < -0.4 is 20.3 Å². The molecule has 1 fully saturated rings. The van der Waals surface area contributed by atoms with E-state index in [9.17, 15) is 4.79 Å². The lowest BCUT2D eigenvalue weighted by atomic mass is 9.77. The van der Waals surface area contributed by atoms with Gasteiger partial charge < -0.3 is 24.1 Å². The predicted octanol–water partition coefficient (Wildman–Crippen LogP) is 6.05. The highest BCUT2D eigenvalue weighted by molar-refractivity contribution is 6.76. The molecule has 8 heteroatoms. The lowest BCUT2D eigenvalue weighted by Crippen LogP contribution is -2.46. The van der Waals surface area contributed by atoms with Crippen LogP contribution in [0.25, 0.3) is 0 Å². The van der Waals surface area contributed by atoms with E-state index in [0.29, 0.717) is 30.3 Å². The van der Waals surface area contributed by atoms with Crippen LogP contribution in [-0.2, 0) is 9.31 Å². The Kier molecular flexibility index (Phi) is 9.13. The first-order valence-electron chi connectivity index (χ1n) is 13.3. The van der Waals surface area contributed by atoms with E-state index in [4.69, 9.17) is 18.8 Å². The second-order valence-corrected chi connectivity index (χ2v) is 19.8. The zero-order valence-corrected chi connectivity index (χ0v) is 26.1. The van der Waals surface area contributed by atoms with Gasteiger partial charge in [0.25, 0.3) is 5.91 Å². The van der Waals surface area contributed by atoms with Crippen molar-refractivity contribution in [3.8, 4) is 11.5 Å². The maximum Gasteiger partial charge on any atom is 0.494 e. The van der Waals surface area contributed by atoms with Gasteiger partial charge in [-0.3, -0.25) is 4.79 Å². The molecule has 0 spiro atoms. The third kappa shape index (κ3) is 8.25. The van der Waals surface area contributed by atoms with Crippen molar-refractivity contribution in [3.63, 3.8) is 0 Å². The Morgan fingerprint density at radius 1 is 1.00 bits per heavy atom. The van der Waals surface area contributed by atoms with Crippen molar-refractivity contribution < 1.29 is 23.6 Å². The van der Waals surface area contributed by atoms with E-state index >= 15 is 0 Å². The van der Waals surface area contributed by atoms with Crippen molar-refractivity contribution in [2.24, 2.45) is 5.41 Å². The first-order chi connectivity index (χ1) is 16.2. The van der Waals surface area contributed by atoms with Crippen LogP contribution in [0.2, 0.25) is 25.7 Å². The van der Waals surface area contributed by atoms with Crippen LogP contribution in [0.15, 0.2) is 12.1 Å². The van der Waals surface area contributed by atoms with E-state index in [-0.39, 0.29) is 11.3 Å². The van der Waals surface area contributed by atoms with Gasteiger partial charge >= 0.3 is 7.12 Å². The van der Waals surface area contributed by atoms with Crippen LogP contribution in [0.3, 0.4) is 0 Å². The summed E-state index contributed by atoms with van der Waals surface area (Å²) in [6.45, 7) is 28.6. The fraction of sp³-hybridized carbons (Fsp3) is 0.750. The van der Waals surface area contributed by atoms with Crippen LogP contribution in [-0.4, -0.2) is 51.1 Å². The fourth-order valence-electron chi connectivity index (χ4n) is 4.52. The molecule has 0 saturated carbocycles. The molecule has 6 nitrogen and oxygen atoms in total. The Morgan fingerprint density at radius 2 is 1.56 bits per heavy atom. The molecule has 36 heavy (non-hydrogen) atoms. The van der Waals surface area contributed by atoms with Gasteiger partial charge in [-0.2, -0.15) is 0 Å². The summed E-state index contributed by atoms with van der Waals surface area (Å²) >= 11 is 0. The number of hydrogen-bond donors (Lipinski definition) is 1. The van der Waals surface area contributed by atoms with Crippen molar-refractivity contribution >= 4 is 26.6 Å². The molecule has 1 N–H and O–H groups in total. The van der Waals surface area contributed by atoms with E-state index < -0.39 is 31.9 Å². The summed E-state index contributed by atoms with van der Waals surface area (Å²) in [4.78, 5) is 13.8. The normalized spacial score (nSPS) is 17.8. The Balaban J connectivity index is 2.54. The Bertz CT molecular complexity index is 915. The van der Waals surface area contributed by atoms with E-state index in [1.165, 1.54) is 0 Å². The maximum absolute atomic E-state index is 13.8. The minimum Gasteiger partial charge on any atom is -0.490 e. The molecule has 0 aromatic heterocycles. The number of rotatable bonds is 10. The second kappa shape index (κ2) is 10.7. The number of amides is 1. The molecule has 1 aromatic rings. The monoisotopic (exact) mass is 519 g/mol. The topological polar surface area (TPSA) is 66.0 Å². The Labute approximate surface area is 221 Å². The minimum atomic E-state index is -1.33. The van der Waals surface area contributed by atoms with E-state index in [0.717, 1.165) is 17.9 Å². The number of nitrogens with one attached hydrogen (secondary N) is 1. The summed E-state index contributed by atoms with van der Waals surface area (Å²) in [5.74, 6) is 0.838. The number of ether oxygens (including phenoxy) is 2. The molecule has 1 aliphatic rings. The lowest BCUT2D eigenvalue weighted by Gasteiger charge is -2.33. The first kappa shape index (κ1) is 30.7. The molecule has 0 atom stereocenters. The molecule has 0 bridgehead atoms. The van der Waals surface area contributed by atoms with Crippen LogP contribution in [0, 0.1) is 5.41 Å². The lowest BCUT2D eigenvalue weighted by molar-refractivity contribution is 0.00578. The molecule has 0 unspecified atom stereocenters. The second-order valence-electron chi connectivity index (χ2n) is 14.2. The third-order valence-electron chi connectivity index (χ3n) is 6.67. The molecule has 0 aliphatic carbocycles. The van der Waals surface area contributed by atoms with Crippen molar-refractivity contribution in [2.45, 2.75) is 118 Å². The van der Waals surface area contributed by atoms with Gasteiger partial charge in [0.1, 0.15) is 0 Å². The maximum atomic E-state index is 13.8. The molecular formula is C28H50BNO5Si. The summed E-state index contributed by atoms with van der Waals surface area (Å²) in [5, 5.41) is 3.25. The Hall–Kier alpha value is -1.51. The number of carbonyl (C=O) groups is 1. The van der Waals surface area contributed by atoms with Crippen LogP contribution in [0.5, 0.6) is 11.5 Å². The van der Waals surface area contributed by atoms with Gasteiger partial charge in [-0.05, 0) is 83.9 Å². The van der Waals surface area contributed by atoms with E-state index in [2.05, 4.69) is 59.6 Å². The highest BCUT2D eigenvalue weighted by atomic mass is 28.3. The Morgan fingerprint density at radius 3 is 2.03 bits per heavy atom. The number of hydrogen-bond acceptors (Lipinski definition) is 5. The molecule has 1 aliphatic heterocycles. The zero-order chi connectivity index (χ0) is 27.7. The van der Waals surface area contributed by atoms with Gasteiger partial charge in [-0.15, -0.1) is 0 Å². The minimum absolute atomic E-state index is 0.0640. The molecule has 1 heterocycles. The smallest absolute Gasteiger partial charge is 0.490 e. The summed E-state index contributed by atoms with van der Waals surface area (Å²) in [5.41, 5.74) is -0.136. The third-order valence-corrected chi connectivity index (χ3v) is 8.37. The van der Waals surface area contributed by atoms with Gasteiger partial charge in [-0.1, -0.05) is 40.4 Å². The number of benzene rings is 1. The van der Waals surface area contributed by atoms with Crippen molar-refractivity contribution in [2.75, 3.05) is 13.2 Å². The SMILES string of the molecule is CCOc1cc(B2OC(C)(C)C(C)(C)O2)cc(C(=O)NC(C)(C)CC(C)(C)C)c1OCC[Si](C)(C)C. The van der Waals surface area contributed by atoms with Crippen molar-refractivity contribution in [1.29, 1.82) is 0 Å². The molecule has 1 amide bonds. The summed E-state index contributed by atoms with van der Waals surface area (Å²) < 4.78 is 24.9. The first-order valence-corrected chi connectivity index (χ1v) is 17.0. The summed E-state index contributed by atoms with van der Waals surface area (Å²) in [6, 6.07) is 4.72. The van der Waals surface area contributed by atoms with Crippen LogP contribution in [0.1, 0.15) is 86.0 Å². The van der Waals surface area contributed by atoms with Gasteiger partial charge in [0.05, 0.1) is 30.0 Å². The van der Waals surface area contributed by atoms with Gasteiger partial charge in [0.2, 0.25) is 0 Å². The number of carbonyl (C=O) groups excluding carboxylic acids is 1. The van der Waals surface area contributed by atoms with E-state index in [1.54, 1.807) is 0 Å². The zero-order valence-electron chi connectivity index (χ0n) is 25.1. The van der Waals surface area contributed by atoms with Crippen molar-refractivity contribution in [1.82, 2.24) is 5.32 Å². The van der Waals surface area contributed by atoms with Gasteiger partial charge in [0, 0.05) is 13.6 Å². The molecule has 0 radical (unpaired) electrons. The fourth-order valence-corrected chi connectivity index (χ4v) is 5.24. The molecule has 1 aromatic carbocycles. The standard InChI is InChI=1S/C28H50BNO5Si/c1-14-32-22-18-20(29-34-27(7,8)28(9,10)35-29)17-21(23(22)33-15-16-36(11,12)13)24(31)30-26(5,6)19-25(2,3)4/h17-18H,14-16,19H2,1-13H3,(H,30,31). The average molecular weight is 520 g/mol. The quantitative estimate of drug-likeness (QED) is 0.382. The van der Waals surface area contributed by atoms with Crippen LogP contribution >= 0.6 is 0 Å². The van der Waals surface area contributed by atoms with Crippen molar-refractivity contribution in [3.05, 3.63) is 17.7 Å². The summed E-state index contributed by atoms with van der Waals surface area (Å²) in [6.07, 6.45) is 0.826. The van der Waals surface area contributed by atoms with Gasteiger partial charge in [0.15, 0.2) is 11.5 Å². The highest BCUT2D eigenvalue weighted by Gasteiger charge is 2.52. The predicted molar refractivity (Wildman–Crippen MR) is 153 cm³/mol. The molecule has 1 saturated heterocycles. The largest absolute Gasteiger partial charge is 0.494 e. The molecule has 204 valence electrons. The summed E-state index contributed by atoms with van der Waals surface area (Å²) in [7, 11) is -1.94. The van der Waals surface area contributed by atoms with E-state index in [1.807, 2.05) is 46.8 Å². The molecule has 2 rings (SSSR count). The van der Waals surface area contributed by atoms with Gasteiger partial charge in [-0.25, -0.2) is 0 Å². The molecular weight excluding hydrogens is 469 g/mol. The average Bonchev–Trinajstić information content (AvgIpc) is 2.86. The van der Waals surface area contributed by atoms with Crippen LogP contribution in [0.4, 0.5) is 0 Å².